The quantitative estimate of drug-likeness (QED) is 0.219. The summed E-state index contributed by atoms with van der Waals surface area (Å²) in [6, 6.07) is 52.4. The maximum Gasteiger partial charge on any atom is 0.0803 e. The number of para-hydroxylation sites is 3. The molecule has 4 aromatic heterocycles. The number of aromatic nitrogens is 3. The molecule has 0 bridgehead atoms. The van der Waals surface area contributed by atoms with E-state index in [1.165, 1.54) is 66.1 Å². The van der Waals surface area contributed by atoms with Gasteiger partial charge in [0.15, 0.2) is 0 Å². The van der Waals surface area contributed by atoms with Gasteiger partial charge in [0.1, 0.15) is 0 Å². The lowest BCUT2D eigenvalue weighted by molar-refractivity contribution is 1.16. The molecule has 0 unspecified atom stereocenters. The normalized spacial score (nSPS) is 11.9. The van der Waals surface area contributed by atoms with Gasteiger partial charge in [-0.2, -0.15) is 0 Å². The summed E-state index contributed by atoms with van der Waals surface area (Å²) in [5.74, 6) is 0. The summed E-state index contributed by atoms with van der Waals surface area (Å²) in [5, 5.41) is 5.05. The van der Waals surface area contributed by atoms with Crippen molar-refractivity contribution in [3.8, 4) is 22.6 Å². The fourth-order valence-corrected chi connectivity index (χ4v) is 6.78. The minimum atomic E-state index is 1.16. The molecule has 0 aliphatic carbocycles. The Kier molecular flexibility index (Phi) is 4.61. The fourth-order valence-electron chi connectivity index (χ4n) is 6.78. The van der Waals surface area contributed by atoms with Gasteiger partial charge >= 0.3 is 0 Å². The van der Waals surface area contributed by atoms with Gasteiger partial charge in [-0.3, -0.25) is 0 Å². The Labute approximate surface area is 236 Å². The second-order valence-electron chi connectivity index (χ2n) is 10.6. The first kappa shape index (κ1) is 22.3. The first-order chi connectivity index (χ1) is 20.4. The zero-order valence-electron chi connectivity index (χ0n) is 22.3. The van der Waals surface area contributed by atoms with Crippen molar-refractivity contribution in [3.63, 3.8) is 0 Å². The van der Waals surface area contributed by atoms with Gasteiger partial charge in [-0.25, -0.2) is 0 Å². The van der Waals surface area contributed by atoms with Gasteiger partial charge < -0.3 is 13.5 Å². The van der Waals surface area contributed by atoms with E-state index in [1.807, 2.05) is 0 Å². The van der Waals surface area contributed by atoms with Crippen LogP contribution in [0.15, 0.2) is 152 Å². The number of hydrogen-bond donors (Lipinski definition) is 0. The average Bonchev–Trinajstić information content (AvgIpc) is 3.67. The Morgan fingerprint density at radius 3 is 1.80 bits per heavy atom. The van der Waals surface area contributed by atoms with Crippen LogP contribution in [0.2, 0.25) is 0 Å². The molecule has 192 valence electrons. The van der Waals surface area contributed by atoms with Crippen LogP contribution in [0.4, 0.5) is 0 Å². The maximum absolute atomic E-state index is 2.46. The highest BCUT2D eigenvalue weighted by Crippen LogP contribution is 2.43. The number of pyridine rings is 1. The molecular formula is C38H25N3. The SMILES string of the molecule is c1ccc(-c2c3c4ccccc4n(-c4ccc5c(c4)c4ccccc4n5-c4ccccc4)c3c3ccccn23)cc1. The summed E-state index contributed by atoms with van der Waals surface area (Å²) >= 11 is 0. The molecule has 9 rings (SSSR count). The smallest absolute Gasteiger partial charge is 0.0803 e. The highest BCUT2D eigenvalue weighted by atomic mass is 15.0. The van der Waals surface area contributed by atoms with Crippen molar-refractivity contribution in [2.75, 3.05) is 0 Å². The fraction of sp³-hybridized carbons (Fsp3) is 0. The second kappa shape index (κ2) is 8.48. The average molecular weight is 524 g/mol. The Balaban J connectivity index is 1.42. The van der Waals surface area contributed by atoms with E-state index in [1.54, 1.807) is 0 Å². The van der Waals surface area contributed by atoms with Crippen molar-refractivity contribution in [2.45, 2.75) is 0 Å². The number of rotatable bonds is 3. The minimum Gasteiger partial charge on any atom is -0.314 e. The molecule has 3 nitrogen and oxygen atoms in total. The monoisotopic (exact) mass is 523 g/mol. The third-order valence-corrected chi connectivity index (χ3v) is 8.43. The molecular weight excluding hydrogens is 498 g/mol. The van der Waals surface area contributed by atoms with Crippen molar-refractivity contribution >= 4 is 49.1 Å². The molecule has 0 fully saturated rings. The van der Waals surface area contributed by atoms with Crippen LogP contribution < -0.4 is 0 Å². The first-order valence-electron chi connectivity index (χ1n) is 14.0. The van der Waals surface area contributed by atoms with Crippen LogP contribution in [0.3, 0.4) is 0 Å². The summed E-state index contributed by atoms with van der Waals surface area (Å²) < 4.78 is 7.18. The molecule has 9 aromatic rings. The molecule has 3 heteroatoms. The molecule has 0 atom stereocenters. The van der Waals surface area contributed by atoms with Gasteiger partial charge in [-0.05, 0) is 60.2 Å². The zero-order valence-corrected chi connectivity index (χ0v) is 22.3. The molecule has 41 heavy (non-hydrogen) atoms. The van der Waals surface area contributed by atoms with E-state index >= 15 is 0 Å². The van der Waals surface area contributed by atoms with E-state index in [0.29, 0.717) is 0 Å². The number of fused-ring (bicyclic) bond motifs is 8. The molecule has 0 saturated carbocycles. The van der Waals surface area contributed by atoms with Gasteiger partial charge in [-0.1, -0.05) is 91.0 Å². The van der Waals surface area contributed by atoms with Crippen LogP contribution in [0, 0.1) is 0 Å². The van der Waals surface area contributed by atoms with Gasteiger partial charge in [0.2, 0.25) is 0 Å². The lowest BCUT2D eigenvalue weighted by atomic mass is 10.1. The molecule has 4 heterocycles. The molecule has 0 aliphatic heterocycles. The standard InChI is InChI=1S/C38H25N3/c1-3-13-26(14-4-1)37-36-30-18-8-10-20-33(30)41(38(36)35-21-11-12-24-39(35)37)28-22-23-34-31(25-28)29-17-7-9-19-32(29)40(34)27-15-5-2-6-16-27/h1-25H. The van der Waals surface area contributed by atoms with Gasteiger partial charge in [0.05, 0.1) is 33.3 Å². The maximum atomic E-state index is 2.46. The van der Waals surface area contributed by atoms with E-state index in [0.717, 1.165) is 5.69 Å². The summed E-state index contributed by atoms with van der Waals surface area (Å²) in [6.45, 7) is 0. The van der Waals surface area contributed by atoms with E-state index < -0.39 is 0 Å². The summed E-state index contributed by atoms with van der Waals surface area (Å²) in [4.78, 5) is 0. The molecule has 0 radical (unpaired) electrons. The predicted octanol–water partition coefficient (Wildman–Crippen LogP) is 9.80. The summed E-state index contributed by atoms with van der Waals surface area (Å²) in [7, 11) is 0. The molecule has 0 aliphatic rings. The molecule has 5 aromatic carbocycles. The van der Waals surface area contributed by atoms with Crippen LogP contribution in [-0.4, -0.2) is 13.5 Å². The van der Waals surface area contributed by atoms with Crippen LogP contribution >= 0.6 is 0 Å². The van der Waals surface area contributed by atoms with Crippen molar-refractivity contribution in [3.05, 3.63) is 152 Å². The lowest BCUT2D eigenvalue weighted by Crippen LogP contribution is -1.96. The van der Waals surface area contributed by atoms with Gasteiger partial charge in [0, 0.05) is 39.1 Å². The predicted molar refractivity (Wildman–Crippen MR) is 172 cm³/mol. The summed E-state index contributed by atoms with van der Waals surface area (Å²) in [5.41, 5.74) is 10.9. The van der Waals surface area contributed by atoms with Crippen LogP contribution in [0.25, 0.3) is 71.8 Å². The second-order valence-corrected chi connectivity index (χ2v) is 10.6. The molecule has 0 amide bonds. The Morgan fingerprint density at radius 1 is 0.390 bits per heavy atom. The largest absolute Gasteiger partial charge is 0.314 e. The van der Waals surface area contributed by atoms with Crippen molar-refractivity contribution < 1.29 is 0 Å². The van der Waals surface area contributed by atoms with Crippen LogP contribution in [-0.2, 0) is 0 Å². The van der Waals surface area contributed by atoms with Gasteiger partial charge in [-0.15, -0.1) is 0 Å². The van der Waals surface area contributed by atoms with Crippen LogP contribution in [0.5, 0.6) is 0 Å². The Bertz CT molecular complexity index is 2400. The topological polar surface area (TPSA) is 14.3 Å². The highest BCUT2D eigenvalue weighted by Gasteiger charge is 2.23. The number of benzene rings is 5. The van der Waals surface area contributed by atoms with E-state index in [2.05, 4.69) is 165 Å². The van der Waals surface area contributed by atoms with E-state index in [4.69, 9.17) is 0 Å². The third-order valence-electron chi connectivity index (χ3n) is 8.43. The first-order valence-corrected chi connectivity index (χ1v) is 14.0. The lowest BCUT2D eigenvalue weighted by Gasteiger charge is -2.10. The van der Waals surface area contributed by atoms with E-state index in [-0.39, 0.29) is 0 Å². The third kappa shape index (κ3) is 3.09. The van der Waals surface area contributed by atoms with E-state index in [9.17, 15) is 0 Å². The Hall–Kier alpha value is -5.54. The highest BCUT2D eigenvalue weighted by molar-refractivity contribution is 6.21. The van der Waals surface area contributed by atoms with Crippen molar-refractivity contribution in [1.82, 2.24) is 13.5 Å². The van der Waals surface area contributed by atoms with Crippen molar-refractivity contribution in [1.29, 1.82) is 0 Å². The van der Waals surface area contributed by atoms with Crippen molar-refractivity contribution in [2.24, 2.45) is 0 Å². The minimum absolute atomic E-state index is 1.16. The number of hydrogen-bond acceptors (Lipinski definition) is 0. The molecule has 0 N–H and O–H groups in total. The van der Waals surface area contributed by atoms with Crippen LogP contribution in [0.1, 0.15) is 0 Å². The number of nitrogens with zero attached hydrogens (tertiary/aromatic N) is 3. The zero-order chi connectivity index (χ0) is 26.9. The molecule has 0 saturated heterocycles. The summed E-state index contributed by atoms with van der Waals surface area (Å²) in [6.07, 6.45) is 2.19. The Morgan fingerprint density at radius 2 is 1.00 bits per heavy atom. The van der Waals surface area contributed by atoms with Gasteiger partial charge in [0.25, 0.3) is 0 Å². The molecule has 0 spiro atoms.